The first kappa shape index (κ1) is 15.6. The van der Waals surface area contributed by atoms with Crippen LogP contribution >= 0.6 is 0 Å². The van der Waals surface area contributed by atoms with Gasteiger partial charge in [-0.25, -0.2) is 0 Å². The molecule has 0 radical (unpaired) electrons. The molecule has 0 heterocycles. The van der Waals surface area contributed by atoms with Gasteiger partial charge in [0.05, 0.1) is 13.2 Å². The maximum atomic E-state index is 10.1. The van der Waals surface area contributed by atoms with Crippen molar-refractivity contribution in [2.45, 2.75) is 38.7 Å². The molecule has 0 bridgehead atoms. The standard InChI is InChI=1S/C19H24O2/c1-15-4-3-5-17(14-15)7-11-18(20)10-6-16-8-12-19(21-2)13-9-16/h3-5,8-9,12-14,18,20H,6-7,10-11H2,1-2H3. The summed E-state index contributed by atoms with van der Waals surface area (Å²) in [6, 6.07) is 16.6. The molecule has 0 spiro atoms. The minimum Gasteiger partial charge on any atom is -0.497 e. The van der Waals surface area contributed by atoms with E-state index in [0.717, 1.165) is 31.4 Å². The molecule has 2 nitrogen and oxygen atoms in total. The number of benzene rings is 2. The first-order valence-corrected chi connectivity index (χ1v) is 7.54. The Bertz CT molecular complexity index is 546. The molecule has 21 heavy (non-hydrogen) atoms. The third-order valence-electron chi connectivity index (χ3n) is 3.77. The largest absolute Gasteiger partial charge is 0.497 e. The van der Waals surface area contributed by atoms with E-state index in [2.05, 4.69) is 43.3 Å². The summed E-state index contributed by atoms with van der Waals surface area (Å²) in [6.07, 6.45) is 3.22. The second-order valence-corrected chi connectivity index (χ2v) is 5.57. The van der Waals surface area contributed by atoms with Crippen LogP contribution in [0.25, 0.3) is 0 Å². The molecule has 0 aliphatic rings. The number of aliphatic hydroxyl groups excluding tert-OH is 1. The summed E-state index contributed by atoms with van der Waals surface area (Å²) in [5.74, 6) is 0.874. The van der Waals surface area contributed by atoms with Crippen molar-refractivity contribution in [1.82, 2.24) is 0 Å². The van der Waals surface area contributed by atoms with Gasteiger partial charge < -0.3 is 9.84 Å². The monoisotopic (exact) mass is 284 g/mol. The lowest BCUT2D eigenvalue weighted by atomic mass is 10.0. The molecule has 2 aromatic carbocycles. The highest BCUT2D eigenvalue weighted by Crippen LogP contribution is 2.15. The minimum absolute atomic E-state index is 0.243. The predicted molar refractivity (Wildman–Crippen MR) is 86.8 cm³/mol. The molecule has 0 saturated heterocycles. The van der Waals surface area contributed by atoms with E-state index < -0.39 is 0 Å². The lowest BCUT2D eigenvalue weighted by Crippen LogP contribution is -2.09. The highest BCUT2D eigenvalue weighted by molar-refractivity contribution is 5.27. The van der Waals surface area contributed by atoms with Crippen LogP contribution in [0.15, 0.2) is 48.5 Å². The molecule has 0 saturated carbocycles. The van der Waals surface area contributed by atoms with Crippen LogP contribution in [0.3, 0.4) is 0 Å². The van der Waals surface area contributed by atoms with Crippen LogP contribution in [-0.2, 0) is 12.8 Å². The summed E-state index contributed by atoms with van der Waals surface area (Å²) in [5.41, 5.74) is 3.82. The van der Waals surface area contributed by atoms with Crippen LogP contribution in [0.5, 0.6) is 5.75 Å². The molecule has 0 aliphatic heterocycles. The average Bonchev–Trinajstić information content (AvgIpc) is 2.51. The van der Waals surface area contributed by atoms with Gasteiger partial charge in [0.1, 0.15) is 5.75 Å². The minimum atomic E-state index is -0.243. The fourth-order valence-electron chi connectivity index (χ4n) is 2.47. The summed E-state index contributed by atoms with van der Waals surface area (Å²) < 4.78 is 5.14. The molecule has 0 fully saturated rings. The van der Waals surface area contributed by atoms with E-state index in [4.69, 9.17) is 4.74 Å². The lowest BCUT2D eigenvalue weighted by Gasteiger charge is -2.11. The van der Waals surface area contributed by atoms with Gasteiger partial charge in [-0.1, -0.05) is 42.0 Å². The number of ether oxygens (including phenoxy) is 1. The quantitative estimate of drug-likeness (QED) is 0.834. The summed E-state index contributed by atoms with van der Waals surface area (Å²) in [4.78, 5) is 0. The molecular weight excluding hydrogens is 260 g/mol. The van der Waals surface area contributed by atoms with Gasteiger partial charge in [0.25, 0.3) is 0 Å². The Morgan fingerprint density at radius 2 is 1.62 bits per heavy atom. The maximum Gasteiger partial charge on any atom is 0.118 e. The Morgan fingerprint density at radius 3 is 2.24 bits per heavy atom. The van der Waals surface area contributed by atoms with Crippen LogP contribution < -0.4 is 4.74 Å². The van der Waals surface area contributed by atoms with E-state index in [1.807, 2.05) is 12.1 Å². The highest BCUT2D eigenvalue weighted by Gasteiger charge is 2.06. The normalized spacial score (nSPS) is 12.1. The van der Waals surface area contributed by atoms with Crippen molar-refractivity contribution in [2.24, 2.45) is 0 Å². The Hall–Kier alpha value is -1.80. The highest BCUT2D eigenvalue weighted by atomic mass is 16.5. The number of hydrogen-bond acceptors (Lipinski definition) is 2. The predicted octanol–water partition coefficient (Wildman–Crippen LogP) is 3.93. The van der Waals surface area contributed by atoms with Gasteiger partial charge in [0, 0.05) is 0 Å². The van der Waals surface area contributed by atoms with E-state index >= 15 is 0 Å². The molecule has 1 atom stereocenters. The number of methoxy groups -OCH3 is 1. The average molecular weight is 284 g/mol. The van der Waals surface area contributed by atoms with Gasteiger partial charge >= 0.3 is 0 Å². The van der Waals surface area contributed by atoms with Gasteiger partial charge in [-0.15, -0.1) is 0 Å². The zero-order valence-corrected chi connectivity index (χ0v) is 12.9. The zero-order valence-electron chi connectivity index (χ0n) is 12.9. The summed E-state index contributed by atoms with van der Waals surface area (Å²) >= 11 is 0. The van der Waals surface area contributed by atoms with Gasteiger partial charge in [-0.05, 0) is 55.9 Å². The number of rotatable bonds is 7. The molecule has 0 aromatic heterocycles. The molecular formula is C19H24O2. The smallest absolute Gasteiger partial charge is 0.118 e. The third kappa shape index (κ3) is 5.24. The van der Waals surface area contributed by atoms with Gasteiger partial charge in [0.2, 0.25) is 0 Å². The lowest BCUT2D eigenvalue weighted by molar-refractivity contribution is 0.155. The van der Waals surface area contributed by atoms with E-state index in [-0.39, 0.29) is 6.10 Å². The molecule has 0 aliphatic carbocycles. The van der Waals surface area contributed by atoms with Crippen LogP contribution in [0.1, 0.15) is 29.5 Å². The van der Waals surface area contributed by atoms with Crippen LogP contribution in [-0.4, -0.2) is 18.3 Å². The summed E-state index contributed by atoms with van der Waals surface area (Å²) in [6.45, 7) is 2.10. The second kappa shape index (κ2) is 7.84. The fourth-order valence-corrected chi connectivity index (χ4v) is 2.47. The van der Waals surface area contributed by atoms with Crippen LogP contribution in [0, 0.1) is 6.92 Å². The Balaban J connectivity index is 1.75. The van der Waals surface area contributed by atoms with Crippen molar-refractivity contribution in [1.29, 1.82) is 0 Å². The molecule has 2 heteroatoms. The third-order valence-corrected chi connectivity index (χ3v) is 3.77. The molecule has 1 N–H and O–H groups in total. The van der Waals surface area contributed by atoms with Gasteiger partial charge in [0.15, 0.2) is 0 Å². The maximum absolute atomic E-state index is 10.1. The molecule has 2 rings (SSSR count). The first-order chi connectivity index (χ1) is 10.2. The van der Waals surface area contributed by atoms with Crippen molar-refractivity contribution >= 4 is 0 Å². The zero-order chi connectivity index (χ0) is 15.1. The number of hydrogen-bond donors (Lipinski definition) is 1. The number of aryl methyl sites for hydroxylation is 3. The molecule has 112 valence electrons. The Kier molecular flexibility index (Phi) is 5.82. The topological polar surface area (TPSA) is 29.5 Å². The number of aliphatic hydroxyl groups is 1. The Morgan fingerprint density at radius 1 is 0.952 bits per heavy atom. The van der Waals surface area contributed by atoms with Crippen molar-refractivity contribution in [2.75, 3.05) is 7.11 Å². The van der Waals surface area contributed by atoms with Crippen molar-refractivity contribution in [3.05, 3.63) is 65.2 Å². The van der Waals surface area contributed by atoms with E-state index in [1.54, 1.807) is 7.11 Å². The van der Waals surface area contributed by atoms with Crippen LogP contribution in [0.4, 0.5) is 0 Å². The van der Waals surface area contributed by atoms with Crippen molar-refractivity contribution in [3.8, 4) is 5.75 Å². The van der Waals surface area contributed by atoms with Crippen molar-refractivity contribution in [3.63, 3.8) is 0 Å². The SMILES string of the molecule is COc1ccc(CCC(O)CCc2cccc(C)c2)cc1. The molecule has 2 aromatic rings. The Labute approximate surface area is 127 Å². The van der Waals surface area contributed by atoms with E-state index in [1.165, 1.54) is 16.7 Å². The molecule has 1 unspecified atom stereocenters. The van der Waals surface area contributed by atoms with E-state index in [0.29, 0.717) is 0 Å². The van der Waals surface area contributed by atoms with Crippen LogP contribution in [0.2, 0.25) is 0 Å². The first-order valence-electron chi connectivity index (χ1n) is 7.54. The van der Waals surface area contributed by atoms with E-state index in [9.17, 15) is 5.11 Å². The summed E-state index contributed by atoms with van der Waals surface area (Å²) in [7, 11) is 1.67. The van der Waals surface area contributed by atoms with Crippen molar-refractivity contribution < 1.29 is 9.84 Å². The molecule has 0 amide bonds. The van der Waals surface area contributed by atoms with Gasteiger partial charge in [-0.2, -0.15) is 0 Å². The second-order valence-electron chi connectivity index (χ2n) is 5.57. The van der Waals surface area contributed by atoms with Gasteiger partial charge in [-0.3, -0.25) is 0 Å². The summed E-state index contributed by atoms with van der Waals surface area (Å²) in [5, 5.41) is 10.1. The fraction of sp³-hybridized carbons (Fsp3) is 0.368.